The number of hydrogen-bond donors (Lipinski definition) is 1. The Hall–Kier alpha value is -1.31. The van der Waals surface area contributed by atoms with Crippen LogP contribution in [0.5, 0.6) is 5.75 Å². The Morgan fingerprint density at radius 2 is 2.21 bits per heavy atom. The lowest BCUT2D eigenvalue weighted by atomic mass is 9.49. The van der Waals surface area contributed by atoms with E-state index in [0.717, 1.165) is 24.3 Å². The zero-order valence-electron chi connectivity index (χ0n) is 12.0. The van der Waals surface area contributed by atoms with Crippen molar-refractivity contribution in [1.82, 2.24) is 0 Å². The summed E-state index contributed by atoms with van der Waals surface area (Å²) in [7, 11) is 1.74. The monoisotopic (exact) mass is 257 g/mol. The van der Waals surface area contributed by atoms with E-state index in [-0.39, 0.29) is 5.41 Å². The highest BCUT2D eigenvalue weighted by Gasteiger charge is 2.53. The fourth-order valence-corrected chi connectivity index (χ4v) is 4.16. The zero-order valence-corrected chi connectivity index (χ0v) is 12.0. The van der Waals surface area contributed by atoms with Gasteiger partial charge in [-0.15, -0.1) is 0 Å². The maximum absolute atomic E-state index is 8.12. The molecule has 0 saturated heterocycles. The van der Waals surface area contributed by atoms with E-state index in [2.05, 4.69) is 25.1 Å². The van der Waals surface area contributed by atoms with Gasteiger partial charge in [0.2, 0.25) is 0 Å². The molecule has 0 aromatic heterocycles. The molecule has 0 unspecified atom stereocenters. The van der Waals surface area contributed by atoms with Gasteiger partial charge in [0.1, 0.15) is 5.75 Å². The third-order valence-electron chi connectivity index (χ3n) is 5.19. The van der Waals surface area contributed by atoms with Gasteiger partial charge in [0, 0.05) is 17.0 Å². The molecule has 1 aromatic rings. The third-order valence-corrected chi connectivity index (χ3v) is 5.19. The third kappa shape index (κ3) is 1.80. The number of benzene rings is 1. The van der Waals surface area contributed by atoms with Gasteiger partial charge in [0.25, 0.3) is 0 Å². The van der Waals surface area contributed by atoms with Gasteiger partial charge in [0.15, 0.2) is 0 Å². The molecule has 3 rings (SSSR count). The average molecular weight is 257 g/mol. The SMILES string of the molecule is CCc1ccc(OC)cc1[C@]12CCCC[C@@H]1C(=N)C2. The van der Waals surface area contributed by atoms with Crippen LogP contribution in [0.2, 0.25) is 0 Å². The summed E-state index contributed by atoms with van der Waals surface area (Å²) in [5.74, 6) is 1.46. The van der Waals surface area contributed by atoms with Crippen molar-refractivity contribution >= 4 is 5.71 Å². The van der Waals surface area contributed by atoms with E-state index in [4.69, 9.17) is 10.1 Å². The molecule has 0 heterocycles. The van der Waals surface area contributed by atoms with Gasteiger partial charge in [-0.3, -0.25) is 0 Å². The minimum Gasteiger partial charge on any atom is -0.497 e. The number of nitrogens with one attached hydrogen (secondary N) is 1. The second-order valence-corrected chi connectivity index (χ2v) is 6.03. The van der Waals surface area contributed by atoms with E-state index in [1.54, 1.807) is 7.11 Å². The standard InChI is InChI=1S/C17H23NO/c1-3-12-7-8-13(19-2)10-15(12)17-9-5-4-6-14(17)16(18)11-17/h7-8,10,14,18H,3-6,9,11H2,1-2H3/t14-,17+/m1/s1. The molecule has 2 aliphatic rings. The van der Waals surface area contributed by atoms with Crippen LogP contribution in [-0.2, 0) is 11.8 Å². The normalized spacial score (nSPS) is 29.6. The van der Waals surface area contributed by atoms with E-state index in [1.165, 1.54) is 36.8 Å². The highest BCUT2D eigenvalue weighted by molar-refractivity contribution is 5.94. The summed E-state index contributed by atoms with van der Waals surface area (Å²) in [6, 6.07) is 6.53. The summed E-state index contributed by atoms with van der Waals surface area (Å²) in [4.78, 5) is 0. The second kappa shape index (κ2) is 4.66. The lowest BCUT2D eigenvalue weighted by molar-refractivity contribution is 0.193. The lowest BCUT2D eigenvalue weighted by Gasteiger charge is -2.54. The van der Waals surface area contributed by atoms with Crippen molar-refractivity contribution in [1.29, 1.82) is 5.41 Å². The van der Waals surface area contributed by atoms with Crippen molar-refractivity contribution in [2.75, 3.05) is 7.11 Å². The summed E-state index contributed by atoms with van der Waals surface area (Å²) in [6.45, 7) is 2.23. The van der Waals surface area contributed by atoms with Gasteiger partial charge < -0.3 is 10.1 Å². The molecule has 0 bridgehead atoms. The molecular formula is C17H23NO. The zero-order chi connectivity index (χ0) is 13.5. The Morgan fingerprint density at radius 1 is 1.37 bits per heavy atom. The van der Waals surface area contributed by atoms with Crippen molar-refractivity contribution < 1.29 is 4.74 Å². The Labute approximate surface area is 115 Å². The molecule has 1 aromatic carbocycles. The molecule has 2 aliphatic carbocycles. The highest BCUT2D eigenvalue weighted by atomic mass is 16.5. The summed E-state index contributed by atoms with van der Waals surface area (Å²) in [5.41, 5.74) is 4.15. The average Bonchev–Trinajstić information content (AvgIpc) is 2.45. The van der Waals surface area contributed by atoms with Crippen molar-refractivity contribution in [2.45, 2.75) is 50.9 Å². The van der Waals surface area contributed by atoms with Crippen LogP contribution in [0.15, 0.2) is 18.2 Å². The topological polar surface area (TPSA) is 33.1 Å². The van der Waals surface area contributed by atoms with Crippen LogP contribution >= 0.6 is 0 Å². The van der Waals surface area contributed by atoms with Crippen LogP contribution in [0.3, 0.4) is 0 Å². The minimum atomic E-state index is 0.259. The van der Waals surface area contributed by atoms with Gasteiger partial charge in [-0.25, -0.2) is 0 Å². The van der Waals surface area contributed by atoms with Gasteiger partial charge in [-0.2, -0.15) is 0 Å². The molecular weight excluding hydrogens is 234 g/mol. The Kier molecular flexibility index (Phi) is 3.12. The van der Waals surface area contributed by atoms with Gasteiger partial charge in [-0.1, -0.05) is 25.8 Å². The molecule has 2 fully saturated rings. The Bertz CT molecular complexity index is 508. The first kappa shape index (κ1) is 12.7. The molecule has 2 heteroatoms. The first-order chi connectivity index (χ1) is 9.21. The molecule has 19 heavy (non-hydrogen) atoms. The van der Waals surface area contributed by atoms with E-state index in [1.807, 2.05) is 0 Å². The van der Waals surface area contributed by atoms with E-state index < -0.39 is 0 Å². The fraction of sp³-hybridized carbons (Fsp3) is 0.588. The van der Waals surface area contributed by atoms with Crippen LogP contribution < -0.4 is 4.74 Å². The largest absolute Gasteiger partial charge is 0.497 e. The molecule has 102 valence electrons. The van der Waals surface area contributed by atoms with Crippen LogP contribution in [0.1, 0.15) is 50.2 Å². The number of ether oxygens (including phenoxy) is 1. The van der Waals surface area contributed by atoms with Crippen molar-refractivity contribution in [3.8, 4) is 5.75 Å². The highest BCUT2D eigenvalue weighted by Crippen LogP contribution is 2.56. The molecule has 0 spiro atoms. The molecule has 2 nitrogen and oxygen atoms in total. The number of rotatable bonds is 3. The fourth-order valence-electron chi connectivity index (χ4n) is 4.16. The Balaban J connectivity index is 2.07. The number of fused-ring (bicyclic) bond motifs is 1. The van der Waals surface area contributed by atoms with E-state index in [0.29, 0.717) is 5.92 Å². The first-order valence-electron chi connectivity index (χ1n) is 7.46. The molecule has 2 saturated carbocycles. The number of aryl methyl sites for hydroxylation is 1. The number of hydrogen-bond acceptors (Lipinski definition) is 2. The number of methoxy groups -OCH3 is 1. The molecule has 0 amide bonds. The summed E-state index contributed by atoms with van der Waals surface area (Å²) in [5, 5.41) is 8.12. The first-order valence-corrected chi connectivity index (χ1v) is 7.46. The molecule has 2 atom stereocenters. The van der Waals surface area contributed by atoms with Crippen molar-refractivity contribution in [3.05, 3.63) is 29.3 Å². The maximum atomic E-state index is 8.12. The smallest absolute Gasteiger partial charge is 0.119 e. The summed E-state index contributed by atoms with van der Waals surface area (Å²) < 4.78 is 5.42. The molecule has 0 aliphatic heterocycles. The predicted octanol–water partition coefficient (Wildman–Crippen LogP) is 4.11. The summed E-state index contributed by atoms with van der Waals surface area (Å²) >= 11 is 0. The van der Waals surface area contributed by atoms with Crippen LogP contribution in [0, 0.1) is 11.3 Å². The minimum absolute atomic E-state index is 0.259. The quantitative estimate of drug-likeness (QED) is 0.868. The maximum Gasteiger partial charge on any atom is 0.119 e. The molecule has 0 radical (unpaired) electrons. The molecule has 1 N–H and O–H groups in total. The van der Waals surface area contributed by atoms with Gasteiger partial charge in [0.05, 0.1) is 7.11 Å². The van der Waals surface area contributed by atoms with Crippen molar-refractivity contribution in [3.63, 3.8) is 0 Å². The van der Waals surface area contributed by atoms with E-state index >= 15 is 0 Å². The van der Waals surface area contributed by atoms with Crippen molar-refractivity contribution in [2.24, 2.45) is 5.92 Å². The lowest BCUT2D eigenvalue weighted by Crippen LogP contribution is -2.53. The summed E-state index contributed by atoms with van der Waals surface area (Å²) in [6.07, 6.45) is 7.10. The van der Waals surface area contributed by atoms with Crippen LogP contribution in [0.4, 0.5) is 0 Å². The van der Waals surface area contributed by atoms with E-state index in [9.17, 15) is 0 Å². The second-order valence-electron chi connectivity index (χ2n) is 6.03. The Morgan fingerprint density at radius 3 is 2.89 bits per heavy atom. The predicted molar refractivity (Wildman–Crippen MR) is 78.4 cm³/mol. The van der Waals surface area contributed by atoms with Gasteiger partial charge in [-0.05, 0) is 48.9 Å². The van der Waals surface area contributed by atoms with Crippen LogP contribution in [-0.4, -0.2) is 12.8 Å². The van der Waals surface area contributed by atoms with Gasteiger partial charge >= 0.3 is 0 Å². The van der Waals surface area contributed by atoms with Crippen LogP contribution in [0.25, 0.3) is 0 Å².